The van der Waals surface area contributed by atoms with E-state index in [1.807, 2.05) is 67.5 Å². The predicted octanol–water partition coefficient (Wildman–Crippen LogP) is 2.66. The summed E-state index contributed by atoms with van der Waals surface area (Å²) in [4.78, 5) is 16.3. The Labute approximate surface area is 142 Å². The molecule has 0 fully saturated rings. The summed E-state index contributed by atoms with van der Waals surface area (Å²) in [5.41, 5.74) is 1.67. The molecule has 1 amide bonds. The largest absolute Gasteiger partial charge is 0.486 e. The van der Waals surface area contributed by atoms with Crippen LogP contribution >= 0.6 is 0 Å². The summed E-state index contributed by atoms with van der Waals surface area (Å²) < 4.78 is 11.6. The number of benzene rings is 2. The van der Waals surface area contributed by atoms with Gasteiger partial charge in [0.2, 0.25) is 0 Å². The normalized spacial score (nSPS) is 15.7. The summed E-state index contributed by atoms with van der Waals surface area (Å²) >= 11 is 0. The molecule has 0 bridgehead atoms. The number of fused-ring (bicyclic) bond motifs is 1. The molecule has 1 atom stereocenters. The number of anilines is 1. The molecule has 0 spiro atoms. The van der Waals surface area contributed by atoms with E-state index < -0.39 is 0 Å². The number of amides is 1. The number of carbonyl (C=O) groups excluding carboxylic acids is 1. The average molecular weight is 326 g/mol. The third kappa shape index (κ3) is 3.45. The Kier molecular flexibility index (Phi) is 4.60. The molecule has 1 aliphatic heterocycles. The summed E-state index contributed by atoms with van der Waals surface area (Å²) in [6, 6.07) is 15.2. The van der Waals surface area contributed by atoms with Gasteiger partial charge in [0.25, 0.3) is 5.91 Å². The summed E-state index contributed by atoms with van der Waals surface area (Å²) in [5, 5.41) is 0. The quantitative estimate of drug-likeness (QED) is 0.866. The Morgan fingerprint density at radius 3 is 2.58 bits per heavy atom. The minimum Gasteiger partial charge on any atom is -0.486 e. The van der Waals surface area contributed by atoms with Crippen LogP contribution in [0.15, 0.2) is 48.5 Å². The van der Waals surface area contributed by atoms with Crippen LogP contribution in [-0.2, 0) is 0 Å². The topological polar surface area (TPSA) is 42.0 Å². The molecule has 0 N–H and O–H groups in total. The fourth-order valence-electron chi connectivity index (χ4n) is 2.68. The van der Waals surface area contributed by atoms with E-state index >= 15 is 0 Å². The first-order chi connectivity index (χ1) is 11.5. The highest BCUT2D eigenvalue weighted by atomic mass is 16.6. The maximum atomic E-state index is 12.6. The van der Waals surface area contributed by atoms with E-state index in [1.54, 1.807) is 11.9 Å². The molecule has 2 aromatic carbocycles. The van der Waals surface area contributed by atoms with Crippen molar-refractivity contribution in [1.82, 2.24) is 4.90 Å². The van der Waals surface area contributed by atoms with Crippen molar-refractivity contribution < 1.29 is 14.3 Å². The van der Waals surface area contributed by atoms with Crippen LogP contribution in [0.4, 0.5) is 5.69 Å². The minimum absolute atomic E-state index is 0.0267. The molecule has 0 saturated carbocycles. The lowest BCUT2D eigenvalue weighted by atomic mass is 10.1. The molecule has 1 aliphatic rings. The van der Waals surface area contributed by atoms with Gasteiger partial charge in [-0.1, -0.05) is 18.2 Å². The number of carbonyl (C=O) groups is 1. The van der Waals surface area contributed by atoms with Crippen LogP contribution in [0.1, 0.15) is 10.4 Å². The zero-order valence-electron chi connectivity index (χ0n) is 14.2. The predicted molar refractivity (Wildman–Crippen MR) is 94.1 cm³/mol. The van der Waals surface area contributed by atoms with Gasteiger partial charge in [-0.2, -0.15) is 0 Å². The minimum atomic E-state index is -0.175. The Morgan fingerprint density at radius 1 is 1.08 bits per heavy atom. The monoisotopic (exact) mass is 326 g/mol. The standard InChI is InChI=1S/C19H22N2O3/c1-20(2)15-8-6-7-14(11-15)19(22)21(3)12-16-13-23-17-9-4-5-10-18(17)24-16/h4-11,16H,12-13H2,1-3H3. The van der Waals surface area contributed by atoms with Gasteiger partial charge >= 0.3 is 0 Å². The highest BCUT2D eigenvalue weighted by Gasteiger charge is 2.24. The van der Waals surface area contributed by atoms with Crippen LogP contribution in [0.3, 0.4) is 0 Å². The molecule has 0 radical (unpaired) electrons. The Bertz CT molecular complexity index is 730. The van der Waals surface area contributed by atoms with Crippen molar-refractivity contribution >= 4 is 11.6 Å². The summed E-state index contributed by atoms with van der Waals surface area (Å²) in [7, 11) is 5.70. The highest BCUT2D eigenvalue weighted by Crippen LogP contribution is 2.31. The van der Waals surface area contributed by atoms with Crippen LogP contribution in [0.25, 0.3) is 0 Å². The molecule has 24 heavy (non-hydrogen) atoms. The van der Waals surface area contributed by atoms with Gasteiger partial charge in [-0.3, -0.25) is 4.79 Å². The van der Waals surface area contributed by atoms with E-state index in [4.69, 9.17) is 9.47 Å². The third-order valence-corrected chi connectivity index (χ3v) is 4.00. The van der Waals surface area contributed by atoms with Gasteiger partial charge in [0.1, 0.15) is 6.61 Å². The lowest BCUT2D eigenvalue weighted by Crippen LogP contribution is -2.41. The lowest BCUT2D eigenvalue weighted by molar-refractivity contribution is 0.0521. The fourth-order valence-corrected chi connectivity index (χ4v) is 2.68. The van der Waals surface area contributed by atoms with E-state index in [0.717, 1.165) is 17.2 Å². The Hall–Kier alpha value is -2.69. The lowest BCUT2D eigenvalue weighted by Gasteiger charge is -2.29. The maximum Gasteiger partial charge on any atom is 0.253 e. The third-order valence-electron chi connectivity index (χ3n) is 4.00. The van der Waals surface area contributed by atoms with Gasteiger partial charge in [0, 0.05) is 32.4 Å². The first kappa shape index (κ1) is 16.2. The van der Waals surface area contributed by atoms with Gasteiger partial charge in [-0.15, -0.1) is 0 Å². The summed E-state index contributed by atoms with van der Waals surface area (Å²) in [5.74, 6) is 1.45. The number of hydrogen-bond donors (Lipinski definition) is 0. The molecule has 0 saturated heterocycles. The first-order valence-corrected chi connectivity index (χ1v) is 7.96. The molecule has 2 aromatic rings. The number of hydrogen-bond acceptors (Lipinski definition) is 4. The molecule has 5 heteroatoms. The van der Waals surface area contributed by atoms with Crippen LogP contribution in [0.2, 0.25) is 0 Å². The zero-order valence-corrected chi connectivity index (χ0v) is 14.2. The van der Waals surface area contributed by atoms with Crippen molar-refractivity contribution in [2.24, 2.45) is 0 Å². The van der Waals surface area contributed by atoms with E-state index in [9.17, 15) is 4.79 Å². The van der Waals surface area contributed by atoms with Crippen molar-refractivity contribution in [3.63, 3.8) is 0 Å². The van der Waals surface area contributed by atoms with Gasteiger partial charge in [0.05, 0.1) is 6.54 Å². The number of rotatable bonds is 4. The summed E-state index contributed by atoms with van der Waals surface area (Å²) in [6.45, 7) is 0.908. The average Bonchev–Trinajstić information content (AvgIpc) is 2.61. The molecule has 0 aliphatic carbocycles. The van der Waals surface area contributed by atoms with Gasteiger partial charge in [-0.25, -0.2) is 0 Å². The highest BCUT2D eigenvalue weighted by molar-refractivity contribution is 5.95. The van der Waals surface area contributed by atoms with Crippen LogP contribution in [0, 0.1) is 0 Å². The van der Waals surface area contributed by atoms with Crippen LogP contribution in [0.5, 0.6) is 11.5 Å². The molecule has 5 nitrogen and oxygen atoms in total. The smallest absolute Gasteiger partial charge is 0.253 e. The maximum absolute atomic E-state index is 12.6. The second-order valence-electron chi connectivity index (χ2n) is 6.13. The molecule has 1 heterocycles. The van der Waals surface area contributed by atoms with E-state index in [0.29, 0.717) is 18.7 Å². The Morgan fingerprint density at radius 2 is 1.83 bits per heavy atom. The molecule has 126 valence electrons. The summed E-state index contributed by atoms with van der Waals surface area (Å²) in [6.07, 6.45) is -0.175. The number of para-hydroxylation sites is 2. The second-order valence-corrected chi connectivity index (χ2v) is 6.13. The van der Waals surface area contributed by atoms with Gasteiger partial charge < -0.3 is 19.3 Å². The van der Waals surface area contributed by atoms with Crippen molar-refractivity contribution in [1.29, 1.82) is 0 Å². The Balaban J connectivity index is 1.66. The molecule has 1 unspecified atom stereocenters. The number of ether oxygens (including phenoxy) is 2. The second kappa shape index (κ2) is 6.83. The zero-order chi connectivity index (χ0) is 17.1. The number of likely N-dealkylation sites (N-methyl/N-ethyl adjacent to an activating group) is 1. The van der Waals surface area contributed by atoms with Crippen molar-refractivity contribution in [3.8, 4) is 11.5 Å². The van der Waals surface area contributed by atoms with E-state index in [1.165, 1.54) is 0 Å². The van der Waals surface area contributed by atoms with Crippen LogP contribution < -0.4 is 14.4 Å². The molecular weight excluding hydrogens is 304 g/mol. The SMILES string of the molecule is CN(CC1COc2ccccc2O1)C(=O)c1cccc(N(C)C)c1. The van der Waals surface area contributed by atoms with Gasteiger partial charge in [0.15, 0.2) is 17.6 Å². The molecular formula is C19H22N2O3. The van der Waals surface area contributed by atoms with E-state index in [2.05, 4.69) is 0 Å². The molecule has 3 rings (SSSR count). The molecule has 0 aromatic heterocycles. The van der Waals surface area contributed by atoms with Crippen molar-refractivity contribution in [2.75, 3.05) is 39.2 Å². The van der Waals surface area contributed by atoms with Crippen molar-refractivity contribution in [2.45, 2.75) is 6.10 Å². The van der Waals surface area contributed by atoms with Gasteiger partial charge in [-0.05, 0) is 30.3 Å². The van der Waals surface area contributed by atoms with Crippen molar-refractivity contribution in [3.05, 3.63) is 54.1 Å². The fraction of sp³-hybridized carbons (Fsp3) is 0.316. The number of nitrogens with zero attached hydrogens (tertiary/aromatic N) is 2. The van der Waals surface area contributed by atoms with Crippen LogP contribution in [-0.4, -0.2) is 51.2 Å². The first-order valence-electron chi connectivity index (χ1n) is 7.96. The van der Waals surface area contributed by atoms with E-state index in [-0.39, 0.29) is 12.0 Å².